The summed E-state index contributed by atoms with van der Waals surface area (Å²) in [6.07, 6.45) is 2.59. The molecule has 0 radical (unpaired) electrons. The van der Waals surface area contributed by atoms with Crippen LogP contribution in [0.5, 0.6) is 5.75 Å². The predicted molar refractivity (Wildman–Crippen MR) is 106 cm³/mol. The van der Waals surface area contributed by atoms with Gasteiger partial charge < -0.3 is 15.0 Å². The highest BCUT2D eigenvalue weighted by Crippen LogP contribution is 2.21. The number of hydrogen-bond donors (Lipinski definition) is 1. The number of benzene rings is 2. The maximum absolute atomic E-state index is 12.4. The quantitative estimate of drug-likeness (QED) is 0.782. The number of nitrogens with zero attached hydrogens (tertiary/aromatic N) is 1. The first kappa shape index (κ1) is 18.6. The minimum Gasteiger partial charge on any atom is -0.481 e. The number of anilines is 1. The van der Waals surface area contributed by atoms with E-state index < -0.39 is 6.10 Å². The molecular formula is C21H25ClN2O2. The lowest BCUT2D eigenvalue weighted by atomic mass is 10.2. The summed E-state index contributed by atoms with van der Waals surface area (Å²) in [4.78, 5) is 14.8. The van der Waals surface area contributed by atoms with Gasteiger partial charge >= 0.3 is 0 Å². The number of rotatable bonds is 7. The molecule has 0 unspecified atom stereocenters. The average Bonchev–Trinajstić information content (AvgIpc) is 3.19. The molecule has 0 bridgehead atoms. The molecule has 1 amide bonds. The molecule has 0 saturated carbocycles. The van der Waals surface area contributed by atoms with Crippen molar-refractivity contribution in [2.24, 2.45) is 0 Å². The minimum absolute atomic E-state index is 0.115. The van der Waals surface area contributed by atoms with E-state index in [9.17, 15) is 4.79 Å². The normalized spacial score (nSPS) is 14.9. The second kappa shape index (κ2) is 8.95. The Morgan fingerprint density at radius 3 is 2.58 bits per heavy atom. The van der Waals surface area contributed by atoms with Gasteiger partial charge in [-0.3, -0.25) is 4.79 Å². The summed E-state index contributed by atoms with van der Waals surface area (Å²) < 4.78 is 5.78. The molecule has 2 aromatic rings. The Morgan fingerprint density at radius 1 is 1.19 bits per heavy atom. The first-order valence-electron chi connectivity index (χ1n) is 9.19. The van der Waals surface area contributed by atoms with Gasteiger partial charge in [-0.1, -0.05) is 36.7 Å². The first-order chi connectivity index (χ1) is 12.7. The molecular weight excluding hydrogens is 348 g/mol. The van der Waals surface area contributed by atoms with Gasteiger partial charge in [-0.2, -0.15) is 0 Å². The van der Waals surface area contributed by atoms with Crippen LogP contribution in [-0.4, -0.2) is 25.1 Å². The summed E-state index contributed by atoms with van der Waals surface area (Å²) in [6.45, 7) is 4.69. The van der Waals surface area contributed by atoms with Crippen molar-refractivity contribution in [1.29, 1.82) is 0 Å². The SMILES string of the molecule is CC[C@@H](Oc1cccc(Cl)c1)C(=O)NCc1ccc(N2CCCC2)cc1. The molecule has 1 fully saturated rings. The van der Waals surface area contributed by atoms with E-state index in [-0.39, 0.29) is 5.91 Å². The Hall–Kier alpha value is -2.20. The largest absolute Gasteiger partial charge is 0.481 e. The maximum atomic E-state index is 12.4. The summed E-state index contributed by atoms with van der Waals surface area (Å²) in [7, 11) is 0. The van der Waals surface area contributed by atoms with Gasteiger partial charge in [-0.15, -0.1) is 0 Å². The summed E-state index contributed by atoms with van der Waals surface area (Å²) in [5, 5.41) is 3.56. The van der Waals surface area contributed by atoms with E-state index in [2.05, 4.69) is 34.5 Å². The van der Waals surface area contributed by atoms with Crippen molar-refractivity contribution >= 4 is 23.2 Å². The Balaban J connectivity index is 1.53. The molecule has 0 aliphatic carbocycles. The van der Waals surface area contributed by atoms with Gasteiger partial charge in [0, 0.05) is 30.3 Å². The van der Waals surface area contributed by atoms with Crippen LogP contribution in [0.1, 0.15) is 31.7 Å². The smallest absolute Gasteiger partial charge is 0.261 e. The fourth-order valence-electron chi connectivity index (χ4n) is 3.13. The van der Waals surface area contributed by atoms with Crippen molar-refractivity contribution in [3.8, 4) is 5.75 Å². The van der Waals surface area contributed by atoms with Crippen LogP contribution in [0.2, 0.25) is 5.02 Å². The standard InChI is InChI=1S/C21H25ClN2O2/c1-2-20(26-19-7-5-6-17(22)14-19)21(25)23-15-16-8-10-18(11-9-16)24-12-3-4-13-24/h5-11,14,20H,2-4,12-13,15H2,1H3,(H,23,25)/t20-/m1/s1. The third-order valence-electron chi connectivity index (χ3n) is 4.61. The van der Waals surface area contributed by atoms with Crippen LogP contribution >= 0.6 is 11.6 Å². The monoisotopic (exact) mass is 372 g/mol. The van der Waals surface area contributed by atoms with Crippen molar-refractivity contribution in [1.82, 2.24) is 5.32 Å². The van der Waals surface area contributed by atoms with Crippen LogP contribution in [0.4, 0.5) is 5.69 Å². The zero-order valence-electron chi connectivity index (χ0n) is 15.1. The molecule has 138 valence electrons. The highest BCUT2D eigenvalue weighted by Gasteiger charge is 2.18. The second-order valence-electron chi connectivity index (χ2n) is 6.55. The lowest BCUT2D eigenvalue weighted by Crippen LogP contribution is -2.37. The fourth-order valence-corrected chi connectivity index (χ4v) is 3.31. The lowest BCUT2D eigenvalue weighted by molar-refractivity contribution is -0.128. The van der Waals surface area contributed by atoms with E-state index in [1.165, 1.54) is 18.5 Å². The minimum atomic E-state index is -0.530. The zero-order valence-corrected chi connectivity index (χ0v) is 15.8. The number of amides is 1. The number of nitrogens with one attached hydrogen (secondary N) is 1. The molecule has 0 aromatic heterocycles. The van der Waals surface area contributed by atoms with Gasteiger partial charge in [0.2, 0.25) is 0 Å². The Morgan fingerprint density at radius 2 is 1.92 bits per heavy atom. The van der Waals surface area contributed by atoms with Gasteiger partial charge in [-0.25, -0.2) is 0 Å². The van der Waals surface area contributed by atoms with Gasteiger partial charge in [-0.05, 0) is 55.2 Å². The van der Waals surface area contributed by atoms with E-state index in [1.54, 1.807) is 18.2 Å². The number of hydrogen-bond acceptors (Lipinski definition) is 3. The van der Waals surface area contributed by atoms with Crippen LogP contribution in [0, 0.1) is 0 Å². The average molecular weight is 373 g/mol. The zero-order chi connectivity index (χ0) is 18.4. The Bertz CT molecular complexity index is 727. The molecule has 1 aliphatic rings. The van der Waals surface area contributed by atoms with Crippen molar-refractivity contribution in [3.05, 3.63) is 59.1 Å². The molecule has 1 N–H and O–H groups in total. The third kappa shape index (κ3) is 4.92. The van der Waals surface area contributed by atoms with Crippen molar-refractivity contribution < 1.29 is 9.53 Å². The first-order valence-corrected chi connectivity index (χ1v) is 9.57. The highest BCUT2D eigenvalue weighted by molar-refractivity contribution is 6.30. The summed E-state index contributed by atoms with van der Waals surface area (Å²) in [5.74, 6) is 0.491. The van der Waals surface area contributed by atoms with E-state index in [1.807, 2.05) is 13.0 Å². The Labute approximate surface area is 160 Å². The topological polar surface area (TPSA) is 41.6 Å². The van der Waals surface area contributed by atoms with Crippen LogP contribution in [0.25, 0.3) is 0 Å². The lowest BCUT2D eigenvalue weighted by Gasteiger charge is -2.19. The molecule has 1 atom stereocenters. The third-order valence-corrected chi connectivity index (χ3v) is 4.85. The van der Waals surface area contributed by atoms with Crippen LogP contribution in [0.15, 0.2) is 48.5 Å². The Kier molecular flexibility index (Phi) is 6.40. The second-order valence-corrected chi connectivity index (χ2v) is 6.99. The molecule has 1 saturated heterocycles. The molecule has 4 nitrogen and oxygen atoms in total. The molecule has 1 aliphatic heterocycles. The van der Waals surface area contributed by atoms with Crippen molar-refractivity contribution in [3.63, 3.8) is 0 Å². The summed E-state index contributed by atoms with van der Waals surface area (Å²) >= 11 is 5.97. The van der Waals surface area contributed by atoms with Gasteiger partial charge in [0.1, 0.15) is 5.75 Å². The summed E-state index contributed by atoms with van der Waals surface area (Å²) in [6, 6.07) is 15.5. The predicted octanol–water partition coefficient (Wildman–Crippen LogP) is 4.41. The maximum Gasteiger partial charge on any atom is 0.261 e. The van der Waals surface area contributed by atoms with E-state index in [4.69, 9.17) is 16.3 Å². The number of carbonyl (C=O) groups is 1. The number of ether oxygens (including phenoxy) is 1. The number of halogens is 1. The van der Waals surface area contributed by atoms with Gasteiger partial charge in [0.15, 0.2) is 6.10 Å². The highest BCUT2D eigenvalue weighted by atomic mass is 35.5. The molecule has 5 heteroatoms. The van der Waals surface area contributed by atoms with Crippen LogP contribution in [0.3, 0.4) is 0 Å². The van der Waals surface area contributed by atoms with E-state index in [0.717, 1.165) is 18.7 Å². The van der Waals surface area contributed by atoms with Crippen molar-refractivity contribution in [2.45, 2.75) is 38.8 Å². The van der Waals surface area contributed by atoms with Gasteiger partial charge in [0.25, 0.3) is 5.91 Å². The summed E-state index contributed by atoms with van der Waals surface area (Å²) in [5.41, 5.74) is 2.34. The van der Waals surface area contributed by atoms with Crippen molar-refractivity contribution in [2.75, 3.05) is 18.0 Å². The van der Waals surface area contributed by atoms with Gasteiger partial charge in [0.05, 0.1) is 0 Å². The fraction of sp³-hybridized carbons (Fsp3) is 0.381. The van der Waals surface area contributed by atoms with Crippen LogP contribution < -0.4 is 15.0 Å². The van der Waals surface area contributed by atoms with E-state index in [0.29, 0.717) is 23.7 Å². The molecule has 0 spiro atoms. The van der Waals surface area contributed by atoms with Crippen LogP contribution in [-0.2, 0) is 11.3 Å². The molecule has 26 heavy (non-hydrogen) atoms. The molecule has 2 aromatic carbocycles. The molecule has 3 rings (SSSR count). The number of carbonyl (C=O) groups excluding carboxylic acids is 1. The molecule has 1 heterocycles. The van der Waals surface area contributed by atoms with E-state index >= 15 is 0 Å².